The zero-order valence-corrected chi connectivity index (χ0v) is 25.6. The summed E-state index contributed by atoms with van der Waals surface area (Å²) >= 11 is 0. The van der Waals surface area contributed by atoms with E-state index in [1.165, 1.54) is 11.1 Å². The third-order valence-electron chi connectivity index (χ3n) is 7.19. The lowest BCUT2D eigenvalue weighted by molar-refractivity contribution is 0.0316. The Morgan fingerprint density at radius 3 is 2.24 bits per heavy atom. The molecule has 1 saturated carbocycles. The van der Waals surface area contributed by atoms with Gasteiger partial charge in [0.25, 0.3) is 5.91 Å². The number of carbonyl (C=O) groups is 1. The Bertz CT molecular complexity index is 1220. The Kier molecular flexibility index (Phi) is 12.6. The number of rotatable bonds is 15. The van der Waals surface area contributed by atoms with Gasteiger partial charge >= 0.3 is 0 Å². The normalized spacial score (nSPS) is 13.6. The van der Waals surface area contributed by atoms with Gasteiger partial charge in [0.15, 0.2) is 25.1 Å². The molecule has 0 spiro atoms. The fraction of sp³-hybridized carbons (Fsp3) is 0.485. The molecule has 41 heavy (non-hydrogen) atoms. The molecule has 1 fully saturated rings. The van der Waals surface area contributed by atoms with E-state index in [1.807, 2.05) is 12.1 Å². The molecule has 8 nitrogen and oxygen atoms in total. The van der Waals surface area contributed by atoms with Crippen molar-refractivity contribution < 1.29 is 33.2 Å². The molecule has 2 aromatic rings. The highest BCUT2D eigenvalue weighted by Gasteiger charge is 2.28. The lowest BCUT2D eigenvalue weighted by atomic mass is 9.93. The van der Waals surface area contributed by atoms with Crippen molar-refractivity contribution in [2.24, 2.45) is 0 Å². The lowest BCUT2D eigenvalue weighted by Gasteiger charge is -2.23. The molecular weight excluding hydrogens is 522 g/mol. The minimum Gasteiger partial charge on any atom is -0.497 e. The molecular formula is C33H45NO7. The van der Waals surface area contributed by atoms with Crippen molar-refractivity contribution in [3.8, 4) is 23.0 Å². The molecule has 0 atom stereocenters. The molecule has 1 N–H and O–H groups in total. The average Bonchev–Trinajstić information content (AvgIpc) is 3.51. The van der Waals surface area contributed by atoms with E-state index < -0.39 is 0 Å². The monoisotopic (exact) mass is 567 g/mol. The second kappa shape index (κ2) is 16.1. The molecule has 1 aliphatic rings. The van der Waals surface area contributed by atoms with Crippen LogP contribution in [0.2, 0.25) is 0 Å². The number of allylic oxidation sites excluding steroid dienone is 4. The number of nitrogens with one attached hydrogen (secondary N) is 1. The summed E-state index contributed by atoms with van der Waals surface area (Å²) < 4.78 is 33.5. The molecule has 2 aromatic carbocycles. The Labute approximate surface area is 244 Å². The first-order valence-electron chi connectivity index (χ1n) is 14.1. The minimum atomic E-state index is -0.255. The fourth-order valence-electron chi connectivity index (χ4n) is 5.06. The van der Waals surface area contributed by atoms with Gasteiger partial charge in [-0.05, 0) is 70.6 Å². The lowest BCUT2D eigenvalue weighted by Crippen LogP contribution is -2.18. The Morgan fingerprint density at radius 1 is 0.902 bits per heavy atom. The van der Waals surface area contributed by atoms with Gasteiger partial charge in [-0.3, -0.25) is 4.79 Å². The highest BCUT2D eigenvalue weighted by Crippen LogP contribution is 2.47. The first-order valence-corrected chi connectivity index (χ1v) is 14.1. The number of carbonyl (C=O) groups excluding carboxylic acids is 1. The Hall–Kier alpha value is -3.49. The van der Waals surface area contributed by atoms with E-state index in [1.54, 1.807) is 40.6 Å². The standard InChI is InChI=1S/C33H45NO7/c1-22(2)12-13-23(3)14-15-26-27(18-25(38-6)19-30(26)39-7)33(35)34-28-16-17-29(40-20-36-4)32(41-21-37-5)31(28)24-10-8-9-11-24/h12,14,16-19,24H,8-11,13,15,20-21H2,1-7H3,(H,34,35)/b23-14+. The maximum atomic E-state index is 14.0. The zero-order valence-electron chi connectivity index (χ0n) is 25.6. The Morgan fingerprint density at radius 2 is 1.61 bits per heavy atom. The van der Waals surface area contributed by atoms with Gasteiger partial charge in [0.05, 0.1) is 19.8 Å². The molecule has 1 aliphatic carbocycles. The van der Waals surface area contributed by atoms with Crippen molar-refractivity contribution in [3.63, 3.8) is 0 Å². The van der Waals surface area contributed by atoms with E-state index in [-0.39, 0.29) is 25.4 Å². The summed E-state index contributed by atoms with van der Waals surface area (Å²) in [4.78, 5) is 14.0. The van der Waals surface area contributed by atoms with Crippen molar-refractivity contribution in [1.82, 2.24) is 0 Å². The van der Waals surface area contributed by atoms with Crippen LogP contribution in [0.1, 0.15) is 80.3 Å². The van der Waals surface area contributed by atoms with Crippen LogP contribution in [0.4, 0.5) is 5.69 Å². The maximum Gasteiger partial charge on any atom is 0.256 e. The van der Waals surface area contributed by atoms with Gasteiger partial charge in [-0.2, -0.15) is 0 Å². The van der Waals surface area contributed by atoms with Gasteiger partial charge in [-0.15, -0.1) is 0 Å². The molecule has 0 aliphatic heterocycles. The molecule has 0 heterocycles. The summed E-state index contributed by atoms with van der Waals surface area (Å²) in [6.07, 6.45) is 9.94. The maximum absolute atomic E-state index is 14.0. The topological polar surface area (TPSA) is 84.5 Å². The smallest absolute Gasteiger partial charge is 0.256 e. The van der Waals surface area contributed by atoms with Crippen molar-refractivity contribution in [2.75, 3.05) is 47.3 Å². The number of ether oxygens (including phenoxy) is 6. The summed E-state index contributed by atoms with van der Waals surface area (Å²) in [6, 6.07) is 7.24. The van der Waals surface area contributed by atoms with E-state index in [4.69, 9.17) is 28.4 Å². The van der Waals surface area contributed by atoms with Crippen molar-refractivity contribution in [3.05, 3.63) is 64.3 Å². The molecule has 0 unspecified atom stereocenters. The molecule has 3 rings (SSSR count). The summed E-state index contributed by atoms with van der Waals surface area (Å²) in [6.45, 7) is 6.40. The van der Waals surface area contributed by atoms with Crippen LogP contribution in [0.3, 0.4) is 0 Å². The zero-order chi connectivity index (χ0) is 29.8. The third-order valence-corrected chi connectivity index (χ3v) is 7.19. The van der Waals surface area contributed by atoms with Crippen LogP contribution in [0.25, 0.3) is 0 Å². The van der Waals surface area contributed by atoms with Crippen LogP contribution in [0.5, 0.6) is 23.0 Å². The molecule has 8 heteroatoms. The number of anilines is 1. The van der Waals surface area contributed by atoms with E-state index in [2.05, 4.69) is 38.2 Å². The number of hydrogen-bond acceptors (Lipinski definition) is 7. The summed E-state index contributed by atoms with van der Waals surface area (Å²) in [7, 11) is 6.33. The Balaban J connectivity index is 2.06. The average molecular weight is 568 g/mol. The SMILES string of the molecule is COCOc1ccc(NC(=O)c2cc(OC)cc(OC)c2C/C=C(\C)CC=C(C)C)c(C2CCCC2)c1OCOC. The summed E-state index contributed by atoms with van der Waals surface area (Å²) in [5.41, 5.74) is 5.36. The summed E-state index contributed by atoms with van der Waals surface area (Å²) in [5, 5.41) is 3.19. The van der Waals surface area contributed by atoms with E-state index in [0.717, 1.165) is 43.2 Å². The molecule has 224 valence electrons. The molecule has 0 radical (unpaired) electrons. The first kappa shape index (κ1) is 32.0. The number of benzene rings is 2. The second-order valence-corrected chi connectivity index (χ2v) is 10.5. The highest BCUT2D eigenvalue weighted by molar-refractivity contribution is 6.06. The molecule has 0 aromatic heterocycles. The van der Waals surface area contributed by atoms with Crippen LogP contribution in [0.15, 0.2) is 47.6 Å². The summed E-state index contributed by atoms with van der Waals surface area (Å²) in [5.74, 6) is 2.21. The van der Waals surface area contributed by atoms with E-state index >= 15 is 0 Å². The molecule has 0 bridgehead atoms. The van der Waals surface area contributed by atoms with Gasteiger partial charge in [0.2, 0.25) is 0 Å². The van der Waals surface area contributed by atoms with E-state index in [9.17, 15) is 4.79 Å². The number of amides is 1. The van der Waals surface area contributed by atoms with Crippen LogP contribution in [0, 0.1) is 0 Å². The quantitative estimate of drug-likeness (QED) is 0.177. The van der Waals surface area contributed by atoms with Crippen LogP contribution < -0.4 is 24.3 Å². The number of hydrogen-bond donors (Lipinski definition) is 1. The van der Waals surface area contributed by atoms with Gasteiger partial charge < -0.3 is 33.7 Å². The predicted octanol–water partition coefficient (Wildman–Crippen LogP) is 7.42. The predicted molar refractivity (Wildman–Crippen MR) is 162 cm³/mol. The molecule has 1 amide bonds. The van der Waals surface area contributed by atoms with Crippen molar-refractivity contribution in [1.29, 1.82) is 0 Å². The van der Waals surface area contributed by atoms with Gasteiger partial charge in [-0.1, -0.05) is 36.1 Å². The number of methoxy groups -OCH3 is 4. The van der Waals surface area contributed by atoms with Crippen molar-refractivity contribution >= 4 is 11.6 Å². The van der Waals surface area contributed by atoms with E-state index in [0.29, 0.717) is 40.7 Å². The largest absolute Gasteiger partial charge is 0.497 e. The van der Waals surface area contributed by atoms with Crippen LogP contribution >= 0.6 is 0 Å². The van der Waals surface area contributed by atoms with Gasteiger partial charge in [0, 0.05) is 37.1 Å². The van der Waals surface area contributed by atoms with Crippen LogP contribution in [-0.2, 0) is 15.9 Å². The second-order valence-electron chi connectivity index (χ2n) is 10.5. The minimum absolute atomic E-state index is 0.0517. The van der Waals surface area contributed by atoms with Gasteiger partial charge in [-0.25, -0.2) is 0 Å². The van der Waals surface area contributed by atoms with Gasteiger partial charge in [0.1, 0.15) is 11.5 Å². The third kappa shape index (κ3) is 8.75. The fourth-order valence-corrected chi connectivity index (χ4v) is 5.06. The highest BCUT2D eigenvalue weighted by atomic mass is 16.7. The first-order chi connectivity index (χ1) is 19.8. The van der Waals surface area contributed by atoms with Crippen molar-refractivity contribution in [2.45, 2.75) is 65.2 Å². The molecule has 0 saturated heterocycles. The van der Waals surface area contributed by atoms with Crippen LogP contribution in [-0.4, -0.2) is 47.9 Å².